The maximum atomic E-state index is 11.9. The van der Waals surface area contributed by atoms with Crippen LogP contribution >= 0.6 is 11.8 Å². The molecular formula is C17H19N5OS. The van der Waals surface area contributed by atoms with Crippen molar-refractivity contribution in [3.05, 3.63) is 48.0 Å². The van der Waals surface area contributed by atoms with Gasteiger partial charge in [-0.15, -0.1) is 5.10 Å². The van der Waals surface area contributed by atoms with Gasteiger partial charge in [0.15, 0.2) is 0 Å². The first-order valence-corrected chi connectivity index (χ1v) is 8.81. The molecule has 1 heterocycles. The second kappa shape index (κ2) is 7.92. The van der Waals surface area contributed by atoms with E-state index in [9.17, 15) is 4.79 Å². The number of fused-ring (bicyclic) bond motifs is 1. The smallest absolute Gasteiger partial charge is 0.220 e. The van der Waals surface area contributed by atoms with Crippen molar-refractivity contribution in [1.82, 2.24) is 25.5 Å². The highest BCUT2D eigenvalue weighted by molar-refractivity contribution is 7.99. The van der Waals surface area contributed by atoms with E-state index in [4.69, 9.17) is 0 Å². The summed E-state index contributed by atoms with van der Waals surface area (Å²) in [6, 6.07) is 14.6. The van der Waals surface area contributed by atoms with Crippen LogP contribution in [0.15, 0.2) is 47.6 Å². The summed E-state index contributed by atoms with van der Waals surface area (Å²) in [5, 5.41) is 17.4. The highest BCUT2D eigenvalue weighted by Gasteiger charge is 2.06. The number of aryl methyl sites for hydroxylation is 1. The Bertz CT molecular complexity index is 827. The largest absolute Gasteiger partial charge is 0.356 e. The van der Waals surface area contributed by atoms with Gasteiger partial charge >= 0.3 is 0 Å². The van der Waals surface area contributed by atoms with Crippen LogP contribution in [0.25, 0.3) is 10.8 Å². The maximum Gasteiger partial charge on any atom is 0.220 e. The van der Waals surface area contributed by atoms with Gasteiger partial charge in [0, 0.05) is 25.8 Å². The summed E-state index contributed by atoms with van der Waals surface area (Å²) in [6.07, 6.45) is 1.28. The van der Waals surface area contributed by atoms with Crippen LogP contribution in [0.4, 0.5) is 0 Å². The molecule has 3 rings (SSSR count). The standard InChI is InChI=1S/C17H19N5OS/c1-22-17(19-20-21-22)24-12-10-16(23)18-11-9-14-7-4-6-13-5-2-3-8-15(13)14/h2-8H,9-12H2,1H3,(H,18,23). The van der Waals surface area contributed by atoms with E-state index in [1.54, 1.807) is 11.7 Å². The molecule has 0 saturated heterocycles. The third-order valence-corrected chi connectivity index (χ3v) is 4.75. The summed E-state index contributed by atoms with van der Waals surface area (Å²) in [4.78, 5) is 11.9. The Labute approximate surface area is 144 Å². The second-order valence-corrected chi connectivity index (χ2v) is 6.48. The zero-order valence-corrected chi connectivity index (χ0v) is 14.3. The molecule has 1 amide bonds. The molecule has 0 radical (unpaired) electrons. The van der Waals surface area contributed by atoms with E-state index >= 15 is 0 Å². The van der Waals surface area contributed by atoms with Gasteiger partial charge in [-0.25, -0.2) is 4.68 Å². The van der Waals surface area contributed by atoms with Gasteiger partial charge in [0.1, 0.15) is 0 Å². The molecule has 2 aromatic carbocycles. The topological polar surface area (TPSA) is 72.7 Å². The predicted molar refractivity (Wildman–Crippen MR) is 94.8 cm³/mol. The van der Waals surface area contributed by atoms with Crippen LogP contribution in [-0.4, -0.2) is 38.4 Å². The van der Waals surface area contributed by atoms with Gasteiger partial charge in [0.05, 0.1) is 0 Å². The Morgan fingerprint density at radius 3 is 2.88 bits per heavy atom. The second-order valence-electron chi connectivity index (χ2n) is 5.42. The Morgan fingerprint density at radius 2 is 2.04 bits per heavy atom. The van der Waals surface area contributed by atoms with Crippen molar-refractivity contribution < 1.29 is 4.79 Å². The van der Waals surface area contributed by atoms with E-state index in [-0.39, 0.29) is 5.91 Å². The summed E-state index contributed by atoms with van der Waals surface area (Å²) in [6.45, 7) is 0.642. The minimum absolute atomic E-state index is 0.0536. The predicted octanol–water partition coefficient (Wildman–Crippen LogP) is 2.20. The van der Waals surface area contributed by atoms with E-state index in [1.807, 2.05) is 12.1 Å². The Hall–Kier alpha value is -2.41. The third kappa shape index (κ3) is 4.11. The Balaban J connectivity index is 1.44. The first-order chi connectivity index (χ1) is 11.7. The van der Waals surface area contributed by atoms with Crippen LogP contribution in [0.5, 0.6) is 0 Å². The number of carbonyl (C=O) groups excluding carboxylic acids is 1. The lowest BCUT2D eigenvalue weighted by molar-refractivity contribution is -0.120. The molecule has 124 valence electrons. The summed E-state index contributed by atoms with van der Waals surface area (Å²) in [5.41, 5.74) is 1.26. The molecule has 0 aliphatic heterocycles. The number of aromatic nitrogens is 4. The first-order valence-electron chi connectivity index (χ1n) is 7.82. The molecule has 1 N–H and O–H groups in total. The number of hydrogen-bond acceptors (Lipinski definition) is 5. The van der Waals surface area contributed by atoms with E-state index < -0.39 is 0 Å². The fourth-order valence-corrected chi connectivity index (χ4v) is 3.30. The fourth-order valence-electron chi connectivity index (χ4n) is 2.51. The quantitative estimate of drug-likeness (QED) is 0.667. The van der Waals surface area contributed by atoms with Gasteiger partial charge in [0.2, 0.25) is 11.1 Å². The fraction of sp³-hybridized carbons (Fsp3) is 0.294. The lowest BCUT2D eigenvalue weighted by Gasteiger charge is -2.08. The molecule has 0 fully saturated rings. The number of nitrogens with zero attached hydrogens (tertiary/aromatic N) is 4. The molecule has 1 aromatic heterocycles. The number of carbonyl (C=O) groups is 1. The third-order valence-electron chi connectivity index (χ3n) is 3.74. The molecule has 7 heteroatoms. The van der Waals surface area contributed by atoms with Crippen LogP contribution in [0.2, 0.25) is 0 Å². The highest BCUT2D eigenvalue weighted by Crippen LogP contribution is 2.18. The first kappa shape index (κ1) is 16.4. The summed E-state index contributed by atoms with van der Waals surface area (Å²) in [5.74, 6) is 0.715. The number of rotatable bonds is 7. The van der Waals surface area contributed by atoms with E-state index in [1.165, 1.54) is 28.1 Å². The molecule has 0 aliphatic carbocycles. The van der Waals surface area contributed by atoms with Crippen molar-refractivity contribution in [2.24, 2.45) is 7.05 Å². The number of tetrazole rings is 1. The van der Waals surface area contributed by atoms with Crippen molar-refractivity contribution in [2.45, 2.75) is 18.0 Å². The molecule has 0 spiro atoms. The van der Waals surface area contributed by atoms with E-state index in [0.29, 0.717) is 18.7 Å². The van der Waals surface area contributed by atoms with Crippen LogP contribution in [0, 0.1) is 0 Å². The van der Waals surface area contributed by atoms with E-state index in [2.05, 4.69) is 51.2 Å². The van der Waals surface area contributed by atoms with Crippen LogP contribution < -0.4 is 5.32 Å². The van der Waals surface area contributed by atoms with Crippen molar-refractivity contribution >= 4 is 28.4 Å². The molecule has 0 unspecified atom stereocenters. The molecule has 3 aromatic rings. The van der Waals surface area contributed by atoms with Gasteiger partial charge < -0.3 is 5.32 Å². The summed E-state index contributed by atoms with van der Waals surface area (Å²) < 4.78 is 1.60. The molecule has 6 nitrogen and oxygen atoms in total. The van der Waals surface area contributed by atoms with Gasteiger partial charge in [-0.1, -0.05) is 54.2 Å². The Kier molecular flexibility index (Phi) is 5.43. The van der Waals surface area contributed by atoms with Crippen molar-refractivity contribution in [2.75, 3.05) is 12.3 Å². The van der Waals surface area contributed by atoms with Crippen LogP contribution in [0.1, 0.15) is 12.0 Å². The lowest BCUT2D eigenvalue weighted by atomic mass is 10.0. The molecule has 0 atom stereocenters. The lowest BCUT2D eigenvalue weighted by Crippen LogP contribution is -2.26. The van der Waals surface area contributed by atoms with Crippen molar-refractivity contribution in [3.63, 3.8) is 0 Å². The minimum atomic E-state index is 0.0536. The monoisotopic (exact) mass is 341 g/mol. The normalized spacial score (nSPS) is 10.9. The van der Waals surface area contributed by atoms with Crippen LogP contribution in [-0.2, 0) is 18.3 Å². The number of benzene rings is 2. The molecule has 24 heavy (non-hydrogen) atoms. The molecule has 0 aliphatic rings. The van der Waals surface area contributed by atoms with E-state index in [0.717, 1.165) is 11.6 Å². The van der Waals surface area contributed by atoms with Crippen LogP contribution in [0.3, 0.4) is 0 Å². The maximum absolute atomic E-state index is 11.9. The average Bonchev–Trinajstić information content (AvgIpc) is 3.00. The molecular weight excluding hydrogens is 322 g/mol. The molecule has 0 bridgehead atoms. The number of thioether (sulfide) groups is 1. The number of hydrogen-bond donors (Lipinski definition) is 1. The zero-order valence-electron chi connectivity index (χ0n) is 13.5. The van der Waals surface area contributed by atoms with Crippen molar-refractivity contribution in [1.29, 1.82) is 0 Å². The average molecular weight is 341 g/mol. The summed E-state index contributed by atoms with van der Waals surface area (Å²) in [7, 11) is 1.78. The highest BCUT2D eigenvalue weighted by atomic mass is 32.2. The number of nitrogens with one attached hydrogen (secondary N) is 1. The van der Waals surface area contributed by atoms with Gasteiger partial charge in [-0.05, 0) is 33.2 Å². The molecule has 0 saturated carbocycles. The van der Waals surface area contributed by atoms with Gasteiger partial charge in [-0.3, -0.25) is 4.79 Å². The number of amides is 1. The summed E-state index contributed by atoms with van der Waals surface area (Å²) >= 11 is 1.48. The van der Waals surface area contributed by atoms with Gasteiger partial charge in [-0.2, -0.15) is 0 Å². The minimum Gasteiger partial charge on any atom is -0.356 e. The van der Waals surface area contributed by atoms with Crippen molar-refractivity contribution in [3.8, 4) is 0 Å². The zero-order chi connectivity index (χ0) is 16.8. The van der Waals surface area contributed by atoms with Gasteiger partial charge in [0.25, 0.3) is 0 Å². The SMILES string of the molecule is Cn1nnnc1SCCC(=O)NCCc1cccc2ccccc12. The Morgan fingerprint density at radius 1 is 1.21 bits per heavy atom.